The van der Waals surface area contributed by atoms with Gasteiger partial charge in [0.25, 0.3) is 0 Å². The van der Waals surface area contributed by atoms with Gasteiger partial charge >= 0.3 is 5.97 Å². The zero-order valence-electron chi connectivity index (χ0n) is 16.4. The Morgan fingerprint density at radius 2 is 1.57 bits per heavy atom. The molecule has 4 rings (SSSR count). The van der Waals surface area contributed by atoms with E-state index < -0.39 is 5.97 Å². The summed E-state index contributed by atoms with van der Waals surface area (Å²) in [6.45, 7) is -0.345. The summed E-state index contributed by atoms with van der Waals surface area (Å²) >= 11 is 0. The van der Waals surface area contributed by atoms with Crippen molar-refractivity contribution < 1.29 is 19.1 Å². The largest absolute Gasteiger partial charge is 0.497 e. The van der Waals surface area contributed by atoms with E-state index in [-0.39, 0.29) is 12.4 Å². The van der Waals surface area contributed by atoms with Gasteiger partial charge in [0.1, 0.15) is 5.75 Å². The van der Waals surface area contributed by atoms with Crippen molar-refractivity contribution in [3.8, 4) is 17.0 Å². The van der Waals surface area contributed by atoms with Crippen LogP contribution in [0.4, 0.5) is 0 Å². The van der Waals surface area contributed by atoms with E-state index >= 15 is 0 Å². The van der Waals surface area contributed by atoms with Gasteiger partial charge in [-0.2, -0.15) is 0 Å². The van der Waals surface area contributed by atoms with Crippen LogP contribution in [0.1, 0.15) is 20.7 Å². The van der Waals surface area contributed by atoms with E-state index in [1.54, 1.807) is 37.4 Å². The molecule has 0 N–H and O–H groups in total. The van der Waals surface area contributed by atoms with E-state index in [1.807, 2.05) is 54.6 Å². The van der Waals surface area contributed by atoms with Gasteiger partial charge in [-0.25, -0.2) is 9.78 Å². The molecule has 4 aromatic rings. The van der Waals surface area contributed by atoms with Crippen LogP contribution in [-0.4, -0.2) is 30.5 Å². The molecule has 0 aliphatic rings. The number of ether oxygens (including phenoxy) is 2. The predicted molar refractivity (Wildman–Crippen MR) is 115 cm³/mol. The van der Waals surface area contributed by atoms with E-state index in [9.17, 15) is 9.59 Å². The molecule has 30 heavy (non-hydrogen) atoms. The fraction of sp³-hybridized carbons (Fsp3) is 0.0800. The van der Waals surface area contributed by atoms with Gasteiger partial charge in [-0.1, -0.05) is 48.5 Å². The number of pyridine rings is 1. The Kier molecular flexibility index (Phi) is 5.52. The van der Waals surface area contributed by atoms with E-state index in [1.165, 1.54) is 0 Å². The summed E-state index contributed by atoms with van der Waals surface area (Å²) in [6, 6.07) is 25.4. The lowest BCUT2D eigenvalue weighted by Gasteiger charge is -2.10. The molecule has 3 aromatic carbocycles. The molecule has 0 spiro atoms. The first-order valence-corrected chi connectivity index (χ1v) is 9.45. The minimum absolute atomic E-state index is 0.285. The summed E-state index contributed by atoms with van der Waals surface area (Å²) in [5.74, 6) is -0.194. The van der Waals surface area contributed by atoms with Crippen LogP contribution in [0.2, 0.25) is 0 Å². The average molecular weight is 397 g/mol. The number of Topliss-reactive ketones (excluding diaryl/α,β-unsaturated/α-hetero) is 1. The summed E-state index contributed by atoms with van der Waals surface area (Å²) in [4.78, 5) is 29.9. The Balaban J connectivity index is 1.59. The fourth-order valence-corrected chi connectivity index (χ4v) is 3.17. The highest BCUT2D eigenvalue weighted by Gasteiger charge is 2.17. The molecule has 0 saturated heterocycles. The fourth-order valence-electron chi connectivity index (χ4n) is 3.17. The molecule has 0 unspecified atom stereocenters. The molecule has 1 aromatic heterocycles. The number of ketones is 1. The number of para-hydroxylation sites is 1. The quantitative estimate of drug-likeness (QED) is 0.340. The first-order valence-electron chi connectivity index (χ1n) is 9.45. The van der Waals surface area contributed by atoms with E-state index in [0.717, 1.165) is 5.56 Å². The molecule has 0 aliphatic carbocycles. The van der Waals surface area contributed by atoms with Gasteiger partial charge in [0, 0.05) is 16.5 Å². The number of aromatic nitrogens is 1. The number of benzene rings is 3. The van der Waals surface area contributed by atoms with Crippen LogP contribution in [0.25, 0.3) is 22.2 Å². The SMILES string of the molecule is COc1ccc(C(=O)COC(=O)c2cc(-c3ccccc3)nc3ccccc23)cc1. The molecular weight excluding hydrogens is 378 g/mol. The Morgan fingerprint density at radius 1 is 0.867 bits per heavy atom. The van der Waals surface area contributed by atoms with Crippen molar-refractivity contribution in [2.45, 2.75) is 0 Å². The monoisotopic (exact) mass is 397 g/mol. The molecule has 0 aliphatic heterocycles. The molecule has 0 amide bonds. The first-order chi connectivity index (χ1) is 14.7. The van der Waals surface area contributed by atoms with Crippen LogP contribution in [-0.2, 0) is 4.74 Å². The van der Waals surface area contributed by atoms with Crippen molar-refractivity contribution >= 4 is 22.7 Å². The topological polar surface area (TPSA) is 65.5 Å². The Morgan fingerprint density at radius 3 is 2.30 bits per heavy atom. The van der Waals surface area contributed by atoms with Gasteiger partial charge in [0.2, 0.25) is 0 Å². The van der Waals surface area contributed by atoms with Crippen LogP contribution in [0, 0.1) is 0 Å². The third kappa shape index (κ3) is 4.05. The van der Waals surface area contributed by atoms with Crippen molar-refractivity contribution in [1.29, 1.82) is 0 Å². The number of methoxy groups -OCH3 is 1. The summed E-state index contributed by atoms with van der Waals surface area (Å²) in [5.41, 5.74) is 3.08. The van der Waals surface area contributed by atoms with Crippen molar-refractivity contribution in [3.05, 3.63) is 96.1 Å². The van der Waals surface area contributed by atoms with E-state index in [2.05, 4.69) is 4.98 Å². The number of carbonyl (C=O) groups is 2. The smallest absolute Gasteiger partial charge is 0.339 e. The van der Waals surface area contributed by atoms with Gasteiger partial charge < -0.3 is 9.47 Å². The summed E-state index contributed by atoms with van der Waals surface area (Å²) in [7, 11) is 1.56. The lowest BCUT2D eigenvalue weighted by Crippen LogP contribution is -2.15. The Bertz CT molecular complexity index is 1200. The van der Waals surface area contributed by atoms with Crippen LogP contribution < -0.4 is 4.74 Å². The maximum atomic E-state index is 12.9. The second kappa shape index (κ2) is 8.57. The molecule has 0 radical (unpaired) electrons. The number of esters is 1. The zero-order valence-corrected chi connectivity index (χ0v) is 16.4. The standard InChI is InChI=1S/C25H19NO4/c1-29-19-13-11-18(12-14-19)24(27)16-30-25(28)21-15-23(17-7-3-2-4-8-17)26-22-10-6-5-9-20(21)22/h2-15H,16H2,1H3. The van der Waals surface area contributed by atoms with Gasteiger partial charge in [0.15, 0.2) is 12.4 Å². The normalized spacial score (nSPS) is 10.6. The highest BCUT2D eigenvalue weighted by Crippen LogP contribution is 2.25. The molecule has 148 valence electrons. The molecule has 5 heteroatoms. The molecule has 0 saturated carbocycles. The van der Waals surface area contributed by atoms with E-state index in [0.29, 0.717) is 33.5 Å². The molecule has 0 atom stereocenters. The zero-order chi connectivity index (χ0) is 20.9. The maximum absolute atomic E-state index is 12.9. The average Bonchev–Trinajstić information content (AvgIpc) is 2.82. The van der Waals surface area contributed by atoms with Gasteiger partial charge in [-0.3, -0.25) is 4.79 Å². The molecule has 0 fully saturated rings. The molecule has 0 bridgehead atoms. The van der Waals surface area contributed by atoms with Crippen molar-refractivity contribution in [3.63, 3.8) is 0 Å². The minimum atomic E-state index is -0.562. The third-order valence-electron chi connectivity index (χ3n) is 4.75. The third-order valence-corrected chi connectivity index (χ3v) is 4.75. The molecule has 5 nitrogen and oxygen atoms in total. The number of fused-ring (bicyclic) bond motifs is 1. The van der Waals surface area contributed by atoms with Crippen LogP contribution >= 0.6 is 0 Å². The van der Waals surface area contributed by atoms with Crippen molar-refractivity contribution in [1.82, 2.24) is 4.98 Å². The Hall–Kier alpha value is -3.99. The number of rotatable bonds is 6. The highest BCUT2D eigenvalue weighted by molar-refractivity contribution is 6.06. The van der Waals surface area contributed by atoms with Crippen molar-refractivity contribution in [2.24, 2.45) is 0 Å². The number of hydrogen-bond acceptors (Lipinski definition) is 5. The number of hydrogen-bond donors (Lipinski definition) is 0. The minimum Gasteiger partial charge on any atom is -0.497 e. The van der Waals surface area contributed by atoms with Crippen LogP contribution in [0.3, 0.4) is 0 Å². The highest BCUT2D eigenvalue weighted by atomic mass is 16.5. The van der Waals surface area contributed by atoms with Gasteiger partial charge in [-0.05, 0) is 36.4 Å². The second-order valence-electron chi connectivity index (χ2n) is 6.67. The number of nitrogens with zero attached hydrogens (tertiary/aromatic N) is 1. The lowest BCUT2D eigenvalue weighted by molar-refractivity contribution is 0.0476. The van der Waals surface area contributed by atoms with Gasteiger partial charge in [-0.15, -0.1) is 0 Å². The maximum Gasteiger partial charge on any atom is 0.339 e. The predicted octanol–water partition coefficient (Wildman–Crippen LogP) is 4.95. The van der Waals surface area contributed by atoms with Crippen LogP contribution in [0.15, 0.2) is 84.9 Å². The summed E-state index contributed by atoms with van der Waals surface area (Å²) in [5, 5.41) is 0.680. The molecular formula is C25H19NO4. The second-order valence-corrected chi connectivity index (χ2v) is 6.67. The summed E-state index contributed by atoms with van der Waals surface area (Å²) < 4.78 is 10.4. The summed E-state index contributed by atoms with van der Waals surface area (Å²) in [6.07, 6.45) is 0. The van der Waals surface area contributed by atoms with Gasteiger partial charge in [0.05, 0.1) is 23.9 Å². The van der Waals surface area contributed by atoms with E-state index in [4.69, 9.17) is 9.47 Å². The number of carbonyl (C=O) groups excluding carboxylic acids is 2. The first kappa shape index (κ1) is 19.3. The lowest BCUT2D eigenvalue weighted by atomic mass is 10.0. The van der Waals surface area contributed by atoms with Crippen LogP contribution in [0.5, 0.6) is 5.75 Å². The molecule has 1 heterocycles. The van der Waals surface area contributed by atoms with Crippen molar-refractivity contribution in [2.75, 3.05) is 13.7 Å². The Labute approximate surface area is 173 Å².